The van der Waals surface area contributed by atoms with E-state index in [0.29, 0.717) is 12.1 Å². The molecule has 0 atom stereocenters. The third-order valence-electron chi connectivity index (χ3n) is 2.85. The molecule has 2 aromatic rings. The number of rotatable bonds is 3. The minimum absolute atomic E-state index is 0.167. The summed E-state index contributed by atoms with van der Waals surface area (Å²) in [7, 11) is 3.05. The van der Waals surface area contributed by atoms with Gasteiger partial charge in [-0.2, -0.15) is 0 Å². The quantitative estimate of drug-likeness (QED) is 0.799. The molecule has 6 heteroatoms. The predicted octanol–water partition coefficient (Wildman–Crippen LogP) is 1.77. The van der Waals surface area contributed by atoms with Crippen LogP contribution in [0.15, 0.2) is 43.0 Å². The van der Waals surface area contributed by atoms with Crippen LogP contribution < -0.4 is 0 Å². The maximum atomic E-state index is 12.0. The summed E-state index contributed by atoms with van der Waals surface area (Å²) in [6.45, 7) is 0.443. The molecule has 0 saturated carbocycles. The molecule has 2 rings (SSSR count). The van der Waals surface area contributed by atoms with Gasteiger partial charge in [0.15, 0.2) is 0 Å². The number of amides is 1. The van der Waals surface area contributed by atoms with Gasteiger partial charge < -0.3 is 9.64 Å². The van der Waals surface area contributed by atoms with Crippen molar-refractivity contribution in [2.75, 3.05) is 14.2 Å². The Bertz CT molecular complexity index is 591. The van der Waals surface area contributed by atoms with Gasteiger partial charge in [0, 0.05) is 26.0 Å². The average molecular weight is 273 g/mol. The highest BCUT2D eigenvalue weighted by atomic mass is 16.5. The van der Waals surface area contributed by atoms with Crippen LogP contribution in [-0.2, 0) is 11.3 Å². The zero-order valence-corrected chi connectivity index (χ0v) is 11.3. The van der Waals surface area contributed by atoms with Gasteiger partial charge in [-0.15, -0.1) is 0 Å². The molecule has 0 fully saturated rings. The number of imidazole rings is 1. The highest BCUT2D eigenvalue weighted by molar-refractivity contribution is 5.89. The molecule has 1 amide bonds. The van der Waals surface area contributed by atoms with Gasteiger partial charge in [0.25, 0.3) is 0 Å². The van der Waals surface area contributed by atoms with Crippen LogP contribution in [0.4, 0.5) is 4.79 Å². The maximum absolute atomic E-state index is 12.0. The summed E-state index contributed by atoms with van der Waals surface area (Å²) in [6.07, 6.45) is 4.61. The van der Waals surface area contributed by atoms with Crippen molar-refractivity contribution >= 4 is 12.0 Å². The number of ether oxygens (including phenoxy) is 1. The topological polar surface area (TPSA) is 64.4 Å². The van der Waals surface area contributed by atoms with Crippen LogP contribution in [0.5, 0.6) is 0 Å². The normalized spacial score (nSPS) is 10.1. The third-order valence-corrected chi connectivity index (χ3v) is 2.85. The Morgan fingerprint density at radius 3 is 2.55 bits per heavy atom. The fourth-order valence-corrected chi connectivity index (χ4v) is 1.77. The molecule has 6 nitrogen and oxygen atoms in total. The Balaban J connectivity index is 2.03. The van der Waals surface area contributed by atoms with E-state index in [4.69, 9.17) is 0 Å². The molecule has 0 bridgehead atoms. The van der Waals surface area contributed by atoms with Crippen LogP contribution in [0.1, 0.15) is 15.9 Å². The van der Waals surface area contributed by atoms with Crippen molar-refractivity contribution < 1.29 is 14.3 Å². The van der Waals surface area contributed by atoms with Gasteiger partial charge >= 0.3 is 12.0 Å². The standard InChI is InChI=1S/C14H15N3O3/c1-16(14(19)17-8-7-15-10-17)9-11-3-5-12(6-4-11)13(18)20-2/h3-8,10H,9H2,1-2H3. The first kappa shape index (κ1) is 13.8. The monoisotopic (exact) mass is 273 g/mol. The number of benzene rings is 1. The van der Waals surface area contributed by atoms with Crippen LogP contribution in [0.3, 0.4) is 0 Å². The Morgan fingerprint density at radius 1 is 1.30 bits per heavy atom. The molecular formula is C14H15N3O3. The summed E-state index contributed by atoms with van der Waals surface area (Å²) < 4.78 is 6.04. The zero-order valence-electron chi connectivity index (χ0n) is 11.3. The molecule has 1 heterocycles. The second kappa shape index (κ2) is 6.01. The van der Waals surface area contributed by atoms with Crippen molar-refractivity contribution in [2.24, 2.45) is 0 Å². The number of aromatic nitrogens is 2. The van der Waals surface area contributed by atoms with E-state index in [1.807, 2.05) is 0 Å². The van der Waals surface area contributed by atoms with Crippen molar-refractivity contribution in [3.05, 3.63) is 54.1 Å². The van der Waals surface area contributed by atoms with Crippen LogP contribution in [0.25, 0.3) is 0 Å². The lowest BCUT2D eigenvalue weighted by Gasteiger charge is -2.17. The van der Waals surface area contributed by atoms with Crippen molar-refractivity contribution in [2.45, 2.75) is 6.54 Å². The Labute approximate surface area is 116 Å². The van der Waals surface area contributed by atoms with E-state index in [0.717, 1.165) is 5.56 Å². The third kappa shape index (κ3) is 3.03. The van der Waals surface area contributed by atoms with Gasteiger partial charge in [-0.25, -0.2) is 14.6 Å². The predicted molar refractivity (Wildman–Crippen MR) is 72.3 cm³/mol. The van der Waals surface area contributed by atoms with E-state index in [1.54, 1.807) is 48.6 Å². The summed E-state index contributed by atoms with van der Waals surface area (Å²) in [4.78, 5) is 28.7. The molecule has 0 aliphatic rings. The van der Waals surface area contributed by atoms with Crippen molar-refractivity contribution in [3.63, 3.8) is 0 Å². The van der Waals surface area contributed by atoms with E-state index < -0.39 is 0 Å². The van der Waals surface area contributed by atoms with Crippen LogP contribution in [0.2, 0.25) is 0 Å². The second-order valence-electron chi connectivity index (χ2n) is 4.30. The first-order valence-corrected chi connectivity index (χ1v) is 6.02. The summed E-state index contributed by atoms with van der Waals surface area (Å²) in [5.41, 5.74) is 1.41. The summed E-state index contributed by atoms with van der Waals surface area (Å²) in [5.74, 6) is -0.376. The fraction of sp³-hybridized carbons (Fsp3) is 0.214. The van der Waals surface area contributed by atoms with Gasteiger partial charge in [-0.05, 0) is 17.7 Å². The SMILES string of the molecule is COC(=O)c1ccc(CN(C)C(=O)n2ccnc2)cc1. The Hall–Kier alpha value is -2.63. The summed E-state index contributed by atoms with van der Waals surface area (Å²) >= 11 is 0. The number of carbonyl (C=O) groups excluding carboxylic acids is 2. The number of carbonyl (C=O) groups is 2. The first-order chi connectivity index (χ1) is 9.61. The minimum Gasteiger partial charge on any atom is -0.465 e. The van der Waals surface area contributed by atoms with Crippen LogP contribution in [-0.4, -0.2) is 40.6 Å². The second-order valence-corrected chi connectivity index (χ2v) is 4.30. The molecule has 0 spiro atoms. The van der Waals surface area contributed by atoms with Crippen molar-refractivity contribution in [1.29, 1.82) is 0 Å². The molecule has 1 aromatic heterocycles. The van der Waals surface area contributed by atoms with Gasteiger partial charge in [0.1, 0.15) is 6.33 Å². The van der Waals surface area contributed by atoms with Gasteiger partial charge in [-0.1, -0.05) is 12.1 Å². The van der Waals surface area contributed by atoms with Crippen LogP contribution in [0, 0.1) is 0 Å². The Morgan fingerprint density at radius 2 is 2.00 bits per heavy atom. The molecule has 0 N–H and O–H groups in total. The molecule has 0 radical (unpaired) electrons. The van der Waals surface area contributed by atoms with E-state index >= 15 is 0 Å². The van der Waals surface area contributed by atoms with Crippen molar-refractivity contribution in [3.8, 4) is 0 Å². The van der Waals surface area contributed by atoms with E-state index in [2.05, 4.69) is 9.72 Å². The largest absolute Gasteiger partial charge is 0.465 e. The molecule has 104 valence electrons. The average Bonchev–Trinajstić information content (AvgIpc) is 3.00. The van der Waals surface area contributed by atoms with Gasteiger partial charge in [0.05, 0.1) is 12.7 Å². The highest BCUT2D eigenvalue weighted by Crippen LogP contribution is 2.08. The van der Waals surface area contributed by atoms with Crippen molar-refractivity contribution in [1.82, 2.24) is 14.5 Å². The smallest absolute Gasteiger partial charge is 0.337 e. The zero-order chi connectivity index (χ0) is 14.5. The molecular weight excluding hydrogens is 258 g/mol. The summed E-state index contributed by atoms with van der Waals surface area (Å²) in [5, 5.41) is 0. The number of methoxy groups -OCH3 is 1. The molecule has 1 aromatic carbocycles. The molecule has 0 saturated heterocycles. The molecule has 20 heavy (non-hydrogen) atoms. The Kier molecular flexibility index (Phi) is 4.14. The van der Waals surface area contributed by atoms with E-state index in [1.165, 1.54) is 18.0 Å². The van der Waals surface area contributed by atoms with E-state index in [-0.39, 0.29) is 12.0 Å². The number of nitrogens with zero attached hydrogens (tertiary/aromatic N) is 3. The number of hydrogen-bond donors (Lipinski definition) is 0. The number of esters is 1. The van der Waals surface area contributed by atoms with Gasteiger partial charge in [0.2, 0.25) is 0 Å². The maximum Gasteiger partial charge on any atom is 0.337 e. The minimum atomic E-state index is -0.376. The fourth-order valence-electron chi connectivity index (χ4n) is 1.77. The van der Waals surface area contributed by atoms with Crippen LogP contribution >= 0.6 is 0 Å². The number of hydrogen-bond acceptors (Lipinski definition) is 4. The lowest BCUT2D eigenvalue weighted by molar-refractivity contribution is 0.0600. The first-order valence-electron chi connectivity index (χ1n) is 6.02. The molecule has 0 aliphatic heterocycles. The van der Waals surface area contributed by atoms with Gasteiger partial charge in [-0.3, -0.25) is 4.57 Å². The summed E-state index contributed by atoms with van der Waals surface area (Å²) in [6, 6.07) is 6.78. The molecule has 0 aliphatic carbocycles. The lowest BCUT2D eigenvalue weighted by Crippen LogP contribution is -2.29. The van der Waals surface area contributed by atoms with E-state index in [9.17, 15) is 9.59 Å². The highest BCUT2D eigenvalue weighted by Gasteiger charge is 2.11. The lowest BCUT2D eigenvalue weighted by atomic mass is 10.1. The molecule has 0 unspecified atom stereocenters.